The molecule has 2 aliphatic carbocycles. The molecule has 5 rings (SSSR count). The van der Waals surface area contributed by atoms with E-state index in [-0.39, 0.29) is 17.2 Å². The highest BCUT2D eigenvalue weighted by molar-refractivity contribution is 7.99. The Balaban J connectivity index is 1.32. The molecule has 0 spiro atoms. The summed E-state index contributed by atoms with van der Waals surface area (Å²) in [4.78, 5) is 30.9. The third kappa shape index (κ3) is 5.12. The van der Waals surface area contributed by atoms with Crippen LogP contribution in [0.25, 0.3) is 10.9 Å². The lowest BCUT2D eigenvalue weighted by molar-refractivity contribution is -0.113. The standard InChI is InChI=1S/C26H31N5O2S/c32-24(29-23-14-16-27-31(23)20-10-4-5-11-20)18-34-26-28-22-13-7-6-12-21(22)25(33)30(26)17-15-19-8-2-1-3-9-19/h6-8,12-14,16,20H,1-5,9-11,15,17-18H2,(H,29,32). The molecule has 0 bridgehead atoms. The number of rotatable bonds is 8. The number of carbonyl (C=O) groups excluding carboxylic acids is 1. The number of fused-ring (bicyclic) bond motifs is 1. The first-order valence-corrected chi connectivity index (χ1v) is 13.3. The zero-order valence-corrected chi connectivity index (χ0v) is 20.2. The van der Waals surface area contributed by atoms with Gasteiger partial charge in [0.05, 0.1) is 28.9 Å². The summed E-state index contributed by atoms with van der Waals surface area (Å²) in [7, 11) is 0. The number of nitrogens with one attached hydrogen (secondary N) is 1. The van der Waals surface area contributed by atoms with E-state index >= 15 is 0 Å². The SMILES string of the molecule is O=C(CSc1nc2ccccc2c(=O)n1CCC1=CCCCC1)Nc1ccnn1C1CCCC1. The zero-order valence-electron chi connectivity index (χ0n) is 19.4. The van der Waals surface area contributed by atoms with E-state index in [1.54, 1.807) is 10.8 Å². The van der Waals surface area contributed by atoms with Gasteiger partial charge in [-0.2, -0.15) is 5.10 Å². The van der Waals surface area contributed by atoms with Crippen LogP contribution in [0.3, 0.4) is 0 Å². The number of anilines is 1. The van der Waals surface area contributed by atoms with Crippen LogP contribution in [-0.4, -0.2) is 31.0 Å². The molecule has 0 unspecified atom stereocenters. The van der Waals surface area contributed by atoms with Crippen LogP contribution in [0, 0.1) is 0 Å². The third-order valence-corrected chi connectivity index (χ3v) is 7.79. The quantitative estimate of drug-likeness (QED) is 0.269. The minimum absolute atomic E-state index is 0.0378. The maximum atomic E-state index is 13.3. The van der Waals surface area contributed by atoms with Crippen molar-refractivity contribution in [3.63, 3.8) is 0 Å². The minimum Gasteiger partial charge on any atom is -0.310 e. The Kier molecular flexibility index (Phi) is 7.13. The van der Waals surface area contributed by atoms with Crippen LogP contribution in [0.1, 0.15) is 63.8 Å². The Morgan fingerprint density at radius 1 is 1.12 bits per heavy atom. The molecule has 2 aromatic heterocycles. The number of thioether (sulfide) groups is 1. The van der Waals surface area contributed by atoms with Crippen molar-refractivity contribution in [3.05, 3.63) is 58.5 Å². The molecule has 178 valence electrons. The van der Waals surface area contributed by atoms with Crippen molar-refractivity contribution < 1.29 is 4.79 Å². The van der Waals surface area contributed by atoms with Gasteiger partial charge in [0.25, 0.3) is 5.56 Å². The monoisotopic (exact) mass is 477 g/mol. The van der Waals surface area contributed by atoms with Gasteiger partial charge in [-0.3, -0.25) is 14.2 Å². The van der Waals surface area contributed by atoms with E-state index in [1.165, 1.54) is 43.0 Å². The fraction of sp³-hybridized carbons (Fsp3) is 0.462. The van der Waals surface area contributed by atoms with Crippen molar-refractivity contribution in [1.29, 1.82) is 0 Å². The van der Waals surface area contributed by atoms with E-state index in [0.29, 0.717) is 28.6 Å². The zero-order chi connectivity index (χ0) is 23.3. The summed E-state index contributed by atoms with van der Waals surface area (Å²) in [6.45, 7) is 0.584. The number of benzene rings is 1. The highest BCUT2D eigenvalue weighted by atomic mass is 32.2. The first kappa shape index (κ1) is 22.9. The third-order valence-electron chi connectivity index (χ3n) is 6.81. The summed E-state index contributed by atoms with van der Waals surface area (Å²) < 4.78 is 3.69. The number of allylic oxidation sites excluding steroid dienone is 2. The van der Waals surface area contributed by atoms with Crippen LogP contribution >= 0.6 is 11.8 Å². The molecule has 7 nitrogen and oxygen atoms in total. The summed E-state index contributed by atoms with van der Waals surface area (Å²) in [5.41, 5.74) is 2.05. The Morgan fingerprint density at radius 3 is 2.79 bits per heavy atom. The van der Waals surface area contributed by atoms with Gasteiger partial charge in [-0.05, 0) is 57.1 Å². The summed E-state index contributed by atoms with van der Waals surface area (Å²) in [5, 5.41) is 8.66. The molecule has 34 heavy (non-hydrogen) atoms. The summed E-state index contributed by atoms with van der Waals surface area (Å²) in [6, 6.07) is 9.65. The van der Waals surface area contributed by atoms with Crippen LogP contribution in [0.2, 0.25) is 0 Å². The topological polar surface area (TPSA) is 81.8 Å². The fourth-order valence-corrected chi connectivity index (χ4v) is 5.83. The van der Waals surface area contributed by atoms with Crippen LogP contribution in [0.15, 0.2) is 58.1 Å². The molecule has 3 aromatic rings. The molecule has 2 aliphatic rings. The number of para-hydroxylation sites is 1. The highest BCUT2D eigenvalue weighted by Gasteiger charge is 2.21. The van der Waals surface area contributed by atoms with Crippen molar-refractivity contribution in [2.45, 2.75) is 75.5 Å². The van der Waals surface area contributed by atoms with E-state index in [4.69, 9.17) is 4.98 Å². The van der Waals surface area contributed by atoms with Gasteiger partial charge < -0.3 is 5.32 Å². The number of hydrogen-bond donors (Lipinski definition) is 1. The molecular formula is C26H31N5O2S. The molecule has 1 amide bonds. The lowest BCUT2D eigenvalue weighted by atomic mass is 9.97. The van der Waals surface area contributed by atoms with Crippen LogP contribution < -0.4 is 10.9 Å². The van der Waals surface area contributed by atoms with Gasteiger partial charge in [0.2, 0.25) is 5.91 Å². The molecule has 1 saturated carbocycles. The molecular weight excluding hydrogens is 446 g/mol. The number of amides is 1. The number of carbonyl (C=O) groups is 1. The van der Waals surface area contributed by atoms with Crippen LogP contribution in [0.4, 0.5) is 5.82 Å². The molecule has 8 heteroatoms. The van der Waals surface area contributed by atoms with Crippen LogP contribution in [-0.2, 0) is 11.3 Å². The van der Waals surface area contributed by atoms with E-state index in [1.807, 2.05) is 35.0 Å². The van der Waals surface area contributed by atoms with Gasteiger partial charge in [0, 0.05) is 12.6 Å². The fourth-order valence-electron chi connectivity index (χ4n) is 5.00. The van der Waals surface area contributed by atoms with Crippen molar-refractivity contribution in [2.24, 2.45) is 0 Å². The predicted octanol–water partition coefficient (Wildman–Crippen LogP) is 5.33. The van der Waals surface area contributed by atoms with Crippen molar-refractivity contribution in [1.82, 2.24) is 19.3 Å². The molecule has 0 radical (unpaired) electrons. The first-order valence-electron chi connectivity index (χ1n) is 12.3. The second-order valence-electron chi connectivity index (χ2n) is 9.16. The van der Waals surface area contributed by atoms with Gasteiger partial charge in [0.15, 0.2) is 5.16 Å². The number of hydrogen-bond acceptors (Lipinski definition) is 5. The van der Waals surface area contributed by atoms with E-state index in [0.717, 1.165) is 37.9 Å². The lowest BCUT2D eigenvalue weighted by Crippen LogP contribution is -2.25. The Hall–Kier alpha value is -2.87. The van der Waals surface area contributed by atoms with E-state index in [2.05, 4.69) is 16.5 Å². The first-order chi connectivity index (χ1) is 16.7. The second kappa shape index (κ2) is 10.6. The number of nitrogens with zero attached hydrogens (tertiary/aromatic N) is 4. The lowest BCUT2D eigenvalue weighted by Gasteiger charge is -2.17. The molecule has 0 saturated heterocycles. The minimum atomic E-state index is -0.117. The molecule has 2 heterocycles. The molecule has 0 aliphatic heterocycles. The average molecular weight is 478 g/mol. The van der Waals surface area contributed by atoms with Crippen molar-refractivity contribution in [2.75, 3.05) is 11.1 Å². The largest absolute Gasteiger partial charge is 0.310 e. The Labute approximate surface area is 203 Å². The van der Waals surface area contributed by atoms with Crippen molar-refractivity contribution >= 4 is 34.4 Å². The Bertz CT molecular complexity index is 1260. The van der Waals surface area contributed by atoms with Gasteiger partial charge in [0.1, 0.15) is 5.82 Å². The van der Waals surface area contributed by atoms with Gasteiger partial charge in [-0.1, -0.05) is 48.4 Å². The smallest absolute Gasteiger partial charge is 0.262 e. The van der Waals surface area contributed by atoms with Gasteiger partial charge >= 0.3 is 0 Å². The summed E-state index contributed by atoms with van der Waals surface area (Å²) in [6.07, 6.45) is 14.2. The maximum Gasteiger partial charge on any atom is 0.262 e. The van der Waals surface area contributed by atoms with Gasteiger partial charge in [-0.15, -0.1) is 0 Å². The second-order valence-corrected chi connectivity index (χ2v) is 10.1. The molecule has 0 atom stereocenters. The Morgan fingerprint density at radius 2 is 1.97 bits per heavy atom. The van der Waals surface area contributed by atoms with E-state index < -0.39 is 0 Å². The van der Waals surface area contributed by atoms with Crippen molar-refractivity contribution in [3.8, 4) is 0 Å². The number of aromatic nitrogens is 4. The van der Waals surface area contributed by atoms with E-state index in [9.17, 15) is 9.59 Å². The van der Waals surface area contributed by atoms with Gasteiger partial charge in [-0.25, -0.2) is 9.67 Å². The van der Waals surface area contributed by atoms with Crippen LogP contribution in [0.5, 0.6) is 0 Å². The predicted molar refractivity (Wildman–Crippen MR) is 136 cm³/mol. The average Bonchev–Trinajstić information content (AvgIpc) is 3.55. The normalized spacial score (nSPS) is 16.6. The molecule has 1 N–H and O–H groups in total. The maximum absolute atomic E-state index is 13.3. The highest BCUT2D eigenvalue weighted by Crippen LogP contribution is 2.31. The molecule has 1 aromatic carbocycles. The molecule has 1 fully saturated rings. The summed E-state index contributed by atoms with van der Waals surface area (Å²) >= 11 is 1.32. The summed E-state index contributed by atoms with van der Waals surface area (Å²) in [5.74, 6) is 0.808.